The van der Waals surface area contributed by atoms with E-state index in [2.05, 4.69) is 86.8 Å². The van der Waals surface area contributed by atoms with Crippen molar-refractivity contribution in [2.75, 3.05) is 54.1 Å². The maximum atomic E-state index is 12.8. The minimum absolute atomic E-state index is 0.0866. The summed E-state index contributed by atoms with van der Waals surface area (Å²) in [6, 6.07) is 0. The predicted octanol–water partition coefficient (Wildman–Crippen LogP) is 19.7. The zero-order chi connectivity index (χ0) is 53.3. The quantitative estimate of drug-likeness (QED) is 0.0213. The Balaban J connectivity index is 4.04. The van der Waals surface area contributed by atoms with Crippen LogP contribution in [0.5, 0.6) is 0 Å². The van der Waals surface area contributed by atoms with Crippen molar-refractivity contribution in [2.24, 2.45) is 0 Å². The Morgan fingerprint density at radius 2 is 0.795 bits per heavy atom. The average molecular weight is 1050 g/mol. The molecule has 0 bridgehead atoms. The molecule has 2 unspecified atom stereocenters. The zero-order valence-corrected chi connectivity index (χ0v) is 49.5. The molecule has 1 N–H and O–H groups in total. The Morgan fingerprint density at radius 1 is 0.438 bits per heavy atom. The number of carbonyl (C=O) groups excluding carboxylic acids is 1. The van der Waals surface area contributed by atoms with Crippen molar-refractivity contribution in [3.63, 3.8) is 0 Å². The van der Waals surface area contributed by atoms with Crippen molar-refractivity contribution in [1.82, 2.24) is 0 Å². The molecule has 0 rings (SSSR count). The maximum absolute atomic E-state index is 12.8. The molecule has 0 aromatic carbocycles. The fourth-order valence-electron chi connectivity index (χ4n) is 8.58. The van der Waals surface area contributed by atoms with Crippen molar-refractivity contribution in [3.8, 4) is 0 Å². The van der Waals surface area contributed by atoms with Crippen LogP contribution in [0.25, 0.3) is 0 Å². The van der Waals surface area contributed by atoms with Gasteiger partial charge in [-0.15, -0.1) is 0 Å². The number of quaternary nitrogens is 1. The van der Waals surface area contributed by atoms with E-state index in [4.69, 9.17) is 18.5 Å². The van der Waals surface area contributed by atoms with Crippen LogP contribution in [0.3, 0.4) is 0 Å². The van der Waals surface area contributed by atoms with Crippen LogP contribution in [-0.4, -0.2) is 75.6 Å². The minimum atomic E-state index is -4.29. The second-order valence-electron chi connectivity index (χ2n) is 21.7. The summed E-state index contributed by atoms with van der Waals surface area (Å²) in [5.41, 5.74) is 0. The topological polar surface area (TPSA) is 91.3 Å². The molecule has 0 heterocycles. The van der Waals surface area contributed by atoms with Crippen LogP contribution in [0.1, 0.15) is 271 Å². The molecule has 9 heteroatoms. The number of esters is 1. The first kappa shape index (κ1) is 70.9. The van der Waals surface area contributed by atoms with Crippen molar-refractivity contribution in [3.05, 3.63) is 72.9 Å². The van der Waals surface area contributed by atoms with Crippen LogP contribution in [0.4, 0.5) is 0 Å². The number of hydrogen-bond donors (Lipinski definition) is 1. The molecule has 0 spiro atoms. The summed E-state index contributed by atoms with van der Waals surface area (Å²) < 4.78 is 35.3. The first-order valence-corrected chi connectivity index (χ1v) is 32.2. The maximum Gasteiger partial charge on any atom is 0.472 e. The summed E-state index contributed by atoms with van der Waals surface area (Å²) in [5, 5.41) is 0. The van der Waals surface area contributed by atoms with Crippen molar-refractivity contribution >= 4 is 13.8 Å². The monoisotopic (exact) mass is 1040 g/mol. The predicted molar refractivity (Wildman–Crippen MR) is 316 cm³/mol. The summed E-state index contributed by atoms with van der Waals surface area (Å²) in [6.45, 7) is 5.53. The van der Waals surface area contributed by atoms with Gasteiger partial charge in [-0.2, -0.15) is 0 Å². The fourth-order valence-corrected chi connectivity index (χ4v) is 9.32. The number of rotatable bonds is 57. The largest absolute Gasteiger partial charge is 0.472 e. The standard InChI is InChI=1S/C64H118NO7P/c1-6-8-10-12-14-16-18-20-22-24-26-28-30-32-34-36-38-40-42-44-46-48-50-52-54-56-59-69-61-63(62-71-73(67,68)70-60-58-65(3,4)5)72-64(66)57-55-53-51-49-47-45-43-41-39-37-35-33-31-29-27-25-23-21-19-17-15-13-11-9-7-2/h9,11,15,17-18,20-21,23-24,26-27,29,63H,6-8,10,12-14,16,19,22,25,28,30-62H2,1-5H3/p+1/b11-9-,17-15-,20-18-,23-21-,26-24-,29-27-. The van der Waals surface area contributed by atoms with Gasteiger partial charge in [0.25, 0.3) is 0 Å². The van der Waals surface area contributed by atoms with Gasteiger partial charge in [0.05, 0.1) is 34.4 Å². The third-order valence-corrected chi connectivity index (χ3v) is 14.2. The molecule has 0 aliphatic rings. The lowest BCUT2D eigenvalue weighted by Gasteiger charge is -2.24. The van der Waals surface area contributed by atoms with E-state index in [1.165, 1.54) is 186 Å². The summed E-state index contributed by atoms with van der Waals surface area (Å²) in [6.07, 6.45) is 75.5. The number of hydrogen-bond acceptors (Lipinski definition) is 6. The Kier molecular flexibility index (Phi) is 54.6. The van der Waals surface area contributed by atoms with E-state index in [1.54, 1.807) is 0 Å². The molecular weight excluding hydrogens is 926 g/mol. The summed E-state index contributed by atoms with van der Waals surface area (Å²) in [7, 11) is 1.67. The van der Waals surface area contributed by atoms with Crippen molar-refractivity contribution < 1.29 is 37.3 Å². The zero-order valence-electron chi connectivity index (χ0n) is 48.6. The highest BCUT2D eigenvalue weighted by molar-refractivity contribution is 7.47. The van der Waals surface area contributed by atoms with Gasteiger partial charge in [0.1, 0.15) is 19.3 Å². The number of carbonyl (C=O) groups is 1. The molecule has 8 nitrogen and oxygen atoms in total. The number of unbranched alkanes of at least 4 members (excludes halogenated alkanes) is 31. The molecule has 426 valence electrons. The average Bonchev–Trinajstić information content (AvgIpc) is 3.35. The molecule has 2 atom stereocenters. The van der Waals surface area contributed by atoms with E-state index in [0.29, 0.717) is 24.1 Å². The number of allylic oxidation sites excluding steroid dienone is 12. The van der Waals surface area contributed by atoms with Crippen LogP contribution >= 0.6 is 7.82 Å². The summed E-state index contributed by atoms with van der Waals surface area (Å²) >= 11 is 0. The Hall–Kier alpha value is -2.06. The van der Waals surface area contributed by atoms with E-state index >= 15 is 0 Å². The van der Waals surface area contributed by atoms with Crippen LogP contribution in [0.15, 0.2) is 72.9 Å². The number of phosphoric ester groups is 1. The lowest BCUT2D eigenvalue weighted by molar-refractivity contribution is -0.870. The molecule has 0 saturated carbocycles. The molecular formula is C64H119NO7P+. The fraction of sp³-hybridized carbons (Fsp3) is 0.797. The smallest absolute Gasteiger partial charge is 0.457 e. The normalized spacial score (nSPS) is 13.9. The van der Waals surface area contributed by atoms with Gasteiger partial charge < -0.3 is 18.9 Å². The van der Waals surface area contributed by atoms with Gasteiger partial charge in [0.15, 0.2) is 0 Å². The molecule has 0 saturated heterocycles. The van der Waals surface area contributed by atoms with Gasteiger partial charge in [-0.1, -0.05) is 254 Å². The Labute approximate surface area is 453 Å². The lowest BCUT2D eigenvalue weighted by Crippen LogP contribution is -2.37. The number of phosphoric acid groups is 1. The first-order valence-electron chi connectivity index (χ1n) is 30.7. The first-order chi connectivity index (χ1) is 35.6. The van der Waals surface area contributed by atoms with Crippen LogP contribution in [-0.2, 0) is 27.9 Å². The number of likely N-dealkylation sites (N-methyl/N-ethyl adjacent to an activating group) is 1. The van der Waals surface area contributed by atoms with E-state index < -0.39 is 13.9 Å². The molecule has 0 aliphatic carbocycles. The molecule has 0 radical (unpaired) electrons. The summed E-state index contributed by atoms with van der Waals surface area (Å²) in [4.78, 5) is 23.1. The highest BCUT2D eigenvalue weighted by Crippen LogP contribution is 2.43. The second-order valence-corrected chi connectivity index (χ2v) is 23.2. The van der Waals surface area contributed by atoms with E-state index in [9.17, 15) is 14.3 Å². The van der Waals surface area contributed by atoms with Gasteiger partial charge in [-0.3, -0.25) is 13.8 Å². The highest BCUT2D eigenvalue weighted by atomic mass is 31.2. The summed E-state index contributed by atoms with van der Waals surface area (Å²) in [5.74, 6) is -0.314. The van der Waals surface area contributed by atoms with E-state index in [-0.39, 0.29) is 25.8 Å². The van der Waals surface area contributed by atoms with Gasteiger partial charge in [-0.25, -0.2) is 4.57 Å². The Bertz CT molecular complexity index is 1400. The van der Waals surface area contributed by atoms with E-state index in [1.807, 2.05) is 21.1 Å². The van der Waals surface area contributed by atoms with Crippen LogP contribution in [0, 0.1) is 0 Å². The van der Waals surface area contributed by atoms with Crippen molar-refractivity contribution in [1.29, 1.82) is 0 Å². The number of nitrogens with zero attached hydrogens (tertiary/aromatic N) is 1. The second kappa shape index (κ2) is 56.2. The minimum Gasteiger partial charge on any atom is -0.457 e. The van der Waals surface area contributed by atoms with Crippen LogP contribution in [0.2, 0.25) is 0 Å². The molecule has 0 fully saturated rings. The van der Waals surface area contributed by atoms with Gasteiger partial charge in [-0.05, 0) is 83.5 Å². The Morgan fingerprint density at radius 3 is 1.19 bits per heavy atom. The SMILES string of the molecule is CC/C=C\C/C=C\C/C=C\C/C=C\CCCCCCCCCCCCCCC(=O)OC(COCCCCCCCCCCCCCCCC/C=C\C/C=C\CCCCCCC)COP(=O)(O)OCC[N+](C)(C)C. The molecule has 0 aromatic heterocycles. The van der Waals surface area contributed by atoms with Crippen LogP contribution < -0.4 is 0 Å². The van der Waals surface area contributed by atoms with Gasteiger partial charge >= 0.3 is 13.8 Å². The van der Waals surface area contributed by atoms with Gasteiger partial charge in [0.2, 0.25) is 0 Å². The molecule has 0 aromatic rings. The number of ether oxygens (including phenoxy) is 2. The third kappa shape index (κ3) is 60.7. The molecule has 0 aliphatic heterocycles. The molecule has 0 amide bonds. The molecule has 73 heavy (non-hydrogen) atoms. The van der Waals surface area contributed by atoms with E-state index in [0.717, 1.165) is 64.2 Å². The van der Waals surface area contributed by atoms with Gasteiger partial charge in [0, 0.05) is 13.0 Å². The third-order valence-electron chi connectivity index (χ3n) is 13.3. The van der Waals surface area contributed by atoms with Crippen molar-refractivity contribution in [2.45, 2.75) is 277 Å². The lowest BCUT2D eigenvalue weighted by atomic mass is 10.0. The highest BCUT2D eigenvalue weighted by Gasteiger charge is 2.26.